The molecule has 8 heteroatoms. The molecule has 0 unspecified atom stereocenters. The van der Waals surface area contributed by atoms with E-state index in [0.29, 0.717) is 28.1 Å². The number of aromatic amines is 1. The van der Waals surface area contributed by atoms with Crippen molar-refractivity contribution in [2.24, 2.45) is 0 Å². The lowest BCUT2D eigenvalue weighted by atomic mass is 10.2. The molecule has 0 bridgehead atoms. The predicted molar refractivity (Wildman–Crippen MR) is 72.5 cm³/mol. The molecule has 0 amide bonds. The van der Waals surface area contributed by atoms with Gasteiger partial charge in [0.25, 0.3) is 0 Å². The van der Waals surface area contributed by atoms with Gasteiger partial charge in [-0.25, -0.2) is 4.98 Å². The summed E-state index contributed by atoms with van der Waals surface area (Å²) in [6.45, 7) is 4.29. The van der Waals surface area contributed by atoms with Crippen molar-refractivity contribution in [1.29, 1.82) is 0 Å². The van der Waals surface area contributed by atoms with Gasteiger partial charge in [-0.05, 0) is 37.7 Å². The second-order valence-corrected chi connectivity index (χ2v) is 4.75. The molecule has 0 aliphatic rings. The van der Waals surface area contributed by atoms with E-state index < -0.39 is 0 Å². The van der Waals surface area contributed by atoms with Gasteiger partial charge in [-0.2, -0.15) is 0 Å². The van der Waals surface area contributed by atoms with Gasteiger partial charge in [-0.1, -0.05) is 6.07 Å². The summed E-state index contributed by atoms with van der Waals surface area (Å²) in [5.41, 5.74) is 0.557. The highest BCUT2D eigenvalue weighted by Crippen LogP contribution is 2.37. The van der Waals surface area contributed by atoms with E-state index in [1.54, 1.807) is 25.1 Å². The first-order chi connectivity index (χ1) is 9.11. The SMILES string of the molecule is CCNc1cccc(Sc2n[nH]c(C)n2)c1[N+](=O)[O-]. The van der Waals surface area contributed by atoms with E-state index in [2.05, 4.69) is 20.5 Å². The normalized spacial score (nSPS) is 10.4. The number of anilines is 1. The Morgan fingerprint density at radius 3 is 2.89 bits per heavy atom. The molecule has 0 saturated heterocycles. The van der Waals surface area contributed by atoms with E-state index in [-0.39, 0.29) is 10.6 Å². The number of rotatable bonds is 5. The quantitative estimate of drug-likeness (QED) is 0.645. The fraction of sp³-hybridized carbons (Fsp3) is 0.273. The van der Waals surface area contributed by atoms with Crippen LogP contribution in [-0.2, 0) is 0 Å². The van der Waals surface area contributed by atoms with Gasteiger partial charge in [0.15, 0.2) is 0 Å². The van der Waals surface area contributed by atoms with Crippen LogP contribution >= 0.6 is 11.8 Å². The Morgan fingerprint density at radius 2 is 2.32 bits per heavy atom. The third kappa shape index (κ3) is 3.02. The van der Waals surface area contributed by atoms with Gasteiger partial charge in [0.2, 0.25) is 5.16 Å². The summed E-state index contributed by atoms with van der Waals surface area (Å²) >= 11 is 1.17. The number of H-pyrrole nitrogens is 1. The average molecular weight is 279 g/mol. The maximum absolute atomic E-state index is 11.2. The summed E-state index contributed by atoms with van der Waals surface area (Å²) in [5, 5.41) is 21.3. The molecule has 0 atom stereocenters. The van der Waals surface area contributed by atoms with Gasteiger partial charge in [0.1, 0.15) is 11.5 Å². The number of aryl methyl sites for hydroxylation is 1. The van der Waals surface area contributed by atoms with Crippen LogP contribution in [0.4, 0.5) is 11.4 Å². The van der Waals surface area contributed by atoms with Crippen molar-refractivity contribution in [3.05, 3.63) is 34.1 Å². The molecular weight excluding hydrogens is 266 g/mol. The molecule has 0 aliphatic carbocycles. The molecule has 1 heterocycles. The van der Waals surface area contributed by atoms with Gasteiger partial charge in [-0.15, -0.1) is 5.10 Å². The van der Waals surface area contributed by atoms with E-state index in [9.17, 15) is 10.1 Å². The Labute approximate surface area is 114 Å². The van der Waals surface area contributed by atoms with Crippen LogP contribution in [-0.4, -0.2) is 26.6 Å². The van der Waals surface area contributed by atoms with Crippen LogP contribution in [0.1, 0.15) is 12.7 Å². The fourth-order valence-corrected chi connectivity index (χ4v) is 2.49. The zero-order valence-corrected chi connectivity index (χ0v) is 11.3. The Hall–Kier alpha value is -2.09. The van der Waals surface area contributed by atoms with Crippen LogP contribution in [0.5, 0.6) is 0 Å². The average Bonchev–Trinajstić information content (AvgIpc) is 2.75. The molecule has 0 radical (unpaired) electrons. The lowest BCUT2D eigenvalue weighted by Gasteiger charge is -2.07. The molecule has 2 N–H and O–H groups in total. The van der Waals surface area contributed by atoms with E-state index in [1.165, 1.54) is 11.8 Å². The number of benzene rings is 1. The fourth-order valence-electron chi connectivity index (χ4n) is 1.59. The number of nitro benzene ring substituents is 1. The summed E-state index contributed by atoms with van der Waals surface area (Å²) in [6, 6.07) is 5.15. The number of aromatic nitrogens is 3. The molecule has 0 fully saturated rings. The highest BCUT2D eigenvalue weighted by Gasteiger charge is 2.21. The molecular formula is C11H13N5O2S. The van der Waals surface area contributed by atoms with Crippen LogP contribution in [0, 0.1) is 17.0 Å². The molecule has 100 valence electrons. The van der Waals surface area contributed by atoms with Crippen LogP contribution in [0.15, 0.2) is 28.3 Å². The summed E-state index contributed by atoms with van der Waals surface area (Å²) in [4.78, 5) is 15.5. The van der Waals surface area contributed by atoms with Crippen LogP contribution in [0.25, 0.3) is 0 Å². The minimum Gasteiger partial charge on any atom is -0.380 e. The molecule has 19 heavy (non-hydrogen) atoms. The standard InChI is InChI=1S/C11H13N5O2S/c1-3-12-8-5-4-6-9(10(8)16(17)18)19-11-13-7(2)14-15-11/h4-6,12H,3H2,1-2H3,(H,13,14,15). The summed E-state index contributed by atoms with van der Waals surface area (Å²) in [7, 11) is 0. The van der Waals surface area contributed by atoms with Crippen molar-refractivity contribution >= 4 is 23.1 Å². The zero-order valence-electron chi connectivity index (χ0n) is 10.5. The van der Waals surface area contributed by atoms with Crippen molar-refractivity contribution in [1.82, 2.24) is 15.2 Å². The van der Waals surface area contributed by atoms with Crippen LogP contribution < -0.4 is 5.32 Å². The molecule has 7 nitrogen and oxygen atoms in total. The summed E-state index contributed by atoms with van der Waals surface area (Å²) in [6.07, 6.45) is 0. The first-order valence-corrected chi connectivity index (χ1v) is 6.51. The first kappa shape index (κ1) is 13.3. The number of nitrogens with one attached hydrogen (secondary N) is 2. The highest BCUT2D eigenvalue weighted by atomic mass is 32.2. The Morgan fingerprint density at radius 1 is 1.53 bits per heavy atom. The van der Waals surface area contributed by atoms with Crippen LogP contribution in [0.3, 0.4) is 0 Å². The maximum atomic E-state index is 11.2. The van der Waals surface area contributed by atoms with Gasteiger partial charge in [0, 0.05) is 6.54 Å². The molecule has 0 spiro atoms. The Kier molecular flexibility index (Phi) is 4.00. The van der Waals surface area contributed by atoms with E-state index >= 15 is 0 Å². The van der Waals surface area contributed by atoms with Crippen molar-refractivity contribution in [2.45, 2.75) is 23.9 Å². The maximum Gasteiger partial charge on any atom is 0.306 e. The molecule has 0 aliphatic heterocycles. The number of para-hydroxylation sites is 1. The molecule has 1 aromatic heterocycles. The van der Waals surface area contributed by atoms with Crippen molar-refractivity contribution in [3.8, 4) is 0 Å². The lowest BCUT2D eigenvalue weighted by molar-refractivity contribution is -0.386. The molecule has 2 rings (SSSR count). The topological polar surface area (TPSA) is 96.7 Å². The van der Waals surface area contributed by atoms with Gasteiger partial charge in [-0.3, -0.25) is 15.2 Å². The third-order valence-corrected chi connectivity index (χ3v) is 3.24. The monoisotopic (exact) mass is 279 g/mol. The zero-order chi connectivity index (χ0) is 13.8. The molecule has 1 aromatic carbocycles. The lowest BCUT2D eigenvalue weighted by Crippen LogP contribution is -2.02. The largest absolute Gasteiger partial charge is 0.380 e. The number of hydrogen-bond acceptors (Lipinski definition) is 6. The van der Waals surface area contributed by atoms with Gasteiger partial charge < -0.3 is 5.32 Å². The second-order valence-electron chi connectivity index (χ2n) is 3.75. The van der Waals surface area contributed by atoms with Crippen molar-refractivity contribution in [2.75, 3.05) is 11.9 Å². The second kappa shape index (κ2) is 5.70. The summed E-state index contributed by atoms with van der Waals surface area (Å²) < 4.78 is 0. The third-order valence-electron chi connectivity index (χ3n) is 2.33. The van der Waals surface area contributed by atoms with Crippen molar-refractivity contribution < 1.29 is 4.92 Å². The first-order valence-electron chi connectivity index (χ1n) is 5.70. The predicted octanol–water partition coefficient (Wildman–Crippen LogP) is 2.60. The smallest absolute Gasteiger partial charge is 0.306 e. The Balaban J connectivity index is 2.38. The van der Waals surface area contributed by atoms with E-state index in [4.69, 9.17) is 0 Å². The minimum atomic E-state index is -0.389. The minimum absolute atomic E-state index is 0.0526. The molecule has 0 saturated carbocycles. The number of hydrogen-bond donors (Lipinski definition) is 2. The van der Waals surface area contributed by atoms with E-state index in [1.807, 2.05) is 6.92 Å². The van der Waals surface area contributed by atoms with Crippen molar-refractivity contribution in [3.63, 3.8) is 0 Å². The van der Waals surface area contributed by atoms with Crippen LogP contribution in [0.2, 0.25) is 0 Å². The number of nitrogens with zero attached hydrogens (tertiary/aromatic N) is 3. The van der Waals surface area contributed by atoms with Gasteiger partial charge >= 0.3 is 5.69 Å². The highest BCUT2D eigenvalue weighted by molar-refractivity contribution is 7.99. The molecule has 2 aromatic rings. The number of nitro groups is 1. The summed E-state index contributed by atoms with van der Waals surface area (Å²) in [5.74, 6) is 0.674. The van der Waals surface area contributed by atoms with Gasteiger partial charge in [0.05, 0.1) is 9.82 Å². The Bertz CT molecular complexity index is 599. The van der Waals surface area contributed by atoms with E-state index in [0.717, 1.165) is 0 Å².